The highest BCUT2D eigenvalue weighted by Gasteiger charge is 2.30. The first-order chi connectivity index (χ1) is 14.8. The van der Waals surface area contributed by atoms with Gasteiger partial charge in [0.1, 0.15) is 6.61 Å². The van der Waals surface area contributed by atoms with Crippen molar-refractivity contribution in [3.63, 3.8) is 0 Å². The fourth-order valence-corrected chi connectivity index (χ4v) is 4.34. The monoisotopic (exact) mass is 479 g/mol. The van der Waals surface area contributed by atoms with Gasteiger partial charge in [0.2, 0.25) is 0 Å². The molecule has 2 aromatic rings. The molecule has 0 spiro atoms. The number of morpholine rings is 1. The van der Waals surface area contributed by atoms with Crippen LogP contribution in [0.1, 0.15) is 56.4 Å². The highest BCUT2D eigenvalue weighted by Crippen LogP contribution is 2.29. The number of carbonyl (C=O) groups excluding carboxylic acids is 1. The summed E-state index contributed by atoms with van der Waals surface area (Å²) in [7, 11) is 0. The molecular weight excluding hydrogens is 445 g/mol. The number of esters is 1. The van der Waals surface area contributed by atoms with Gasteiger partial charge < -0.3 is 9.47 Å². The van der Waals surface area contributed by atoms with Crippen molar-refractivity contribution in [3.8, 4) is 0 Å². The van der Waals surface area contributed by atoms with Gasteiger partial charge in [0, 0.05) is 24.2 Å². The maximum atomic E-state index is 12.6. The van der Waals surface area contributed by atoms with Gasteiger partial charge in [-0.1, -0.05) is 61.8 Å². The molecule has 0 bridgehead atoms. The lowest BCUT2D eigenvalue weighted by Crippen LogP contribution is -2.47. The summed E-state index contributed by atoms with van der Waals surface area (Å²) >= 11 is 6.15. The molecule has 0 saturated carbocycles. The topological polar surface area (TPSA) is 38.8 Å². The predicted molar refractivity (Wildman–Crippen MR) is 133 cm³/mol. The molecule has 1 aliphatic rings. The van der Waals surface area contributed by atoms with Crippen molar-refractivity contribution in [1.82, 2.24) is 4.90 Å². The van der Waals surface area contributed by atoms with E-state index >= 15 is 0 Å². The second-order valence-corrected chi connectivity index (χ2v) is 9.29. The van der Waals surface area contributed by atoms with Gasteiger partial charge >= 0.3 is 5.97 Å². The van der Waals surface area contributed by atoms with E-state index in [2.05, 4.69) is 37.8 Å². The zero-order valence-electron chi connectivity index (χ0n) is 19.4. The third-order valence-corrected chi connectivity index (χ3v) is 6.20. The molecule has 3 rings (SSSR count). The summed E-state index contributed by atoms with van der Waals surface area (Å²) in [6.07, 6.45) is 1.01. The normalized spacial score (nSPS) is 19.9. The molecule has 1 saturated heterocycles. The summed E-state index contributed by atoms with van der Waals surface area (Å²) in [6.45, 7) is 11.0. The second-order valence-electron chi connectivity index (χ2n) is 8.85. The molecule has 176 valence electrons. The maximum absolute atomic E-state index is 12.6. The Balaban J connectivity index is 0.00000363. The van der Waals surface area contributed by atoms with Crippen molar-refractivity contribution in [2.24, 2.45) is 5.92 Å². The summed E-state index contributed by atoms with van der Waals surface area (Å²) in [4.78, 5) is 14.9. The first-order valence-corrected chi connectivity index (χ1v) is 11.6. The molecule has 6 heteroatoms. The molecule has 0 radical (unpaired) electrons. The van der Waals surface area contributed by atoms with E-state index in [1.165, 1.54) is 5.56 Å². The molecule has 3 unspecified atom stereocenters. The lowest BCUT2D eigenvalue weighted by atomic mass is 9.97. The summed E-state index contributed by atoms with van der Waals surface area (Å²) in [5.41, 5.74) is 3.38. The summed E-state index contributed by atoms with van der Waals surface area (Å²) < 4.78 is 11.6. The van der Waals surface area contributed by atoms with Gasteiger partial charge in [-0.15, -0.1) is 12.4 Å². The fraction of sp³-hybridized carbons (Fsp3) is 0.500. The molecular formula is C26H35Cl2NO3. The first kappa shape index (κ1) is 26.7. The van der Waals surface area contributed by atoms with E-state index in [0.29, 0.717) is 30.7 Å². The lowest BCUT2D eigenvalue weighted by Gasteiger charge is -2.39. The summed E-state index contributed by atoms with van der Waals surface area (Å²) in [6, 6.07) is 16.3. The Hall–Kier alpha value is -1.59. The lowest BCUT2D eigenvalue weighted by molar-refractivity contribution is -0.146. The van der Waals surface area contributed by atoms with E-state index in [9.17, 15) is 4.79 Å². The highest BCUT2D eigenvalue weighted by molar-refractivity contribution is 6.30. The standard InChI is InChI=1S/C26H34ClNO3.ClH/c1-18(2)16-21-8-10-22(11-9-21)19(3)26(29)31-15-13-28-12-14-30-25(20(28)4)23-6-5-7-24(27)17-23;/h5-11,17-20,25H,12-16H2,1-4H3;1H. The molecule has 1 heterocycles. The van der Waals surface area contributed by atoms with Crippen LogP contribution in [0.3, 0.4) is 0 Å². The van der Waals surface area contributed by atoms with Crippen LogP contribution in [-0.2, 0) is 20.7 Å². The minimum atomic E-state index is -0.269. The van der Waals surface area contributed by atoms with E-state index in [-0.39, 0.29) is 36.4 Å². The van der Waals surface area contributed by atoms with Crippen LogP contribution in [-0.4, -0.2) is 43.2 Å². The molecule has 1 aliphatic heterocycles. The Bertz CT molecular complexity index is 856. The minimum Gasteiger partial charge on any atom is -0.464 e. The van der Waals surface area contributed by atoms with Crippen molar-refractivity contribution in [3.05, 3.63) is 70.2 Å². The van der Waals surface area contributed by atoms with Crippen LogP contribution in [0.15, 0.2) is 48.5 Å². The quantitative estimate of drug-likeness (QED) is 0.430. The highest BCUT2D eigenvalue weighted by atomic mass is 35.5. The van der Waals surface area contributed by atoms with Crippen LogP contribution in [0.5, 0.6) is 0 Å². The maximum Gasteiger partial charge on any atom is 0.313 e. The van der Waals surface area contributed by atoms with Gasteiger partial charge in [-0.25, -0.2) is 0 Å². The molecule has 3 atom stereocenters. The Kier molecular flexibility index (Phi) is 10.5. The Morgan fingerprint density at radius 1 is 1.19 bits per heavy atom. The van der Waals surface area contributed by atoms with Crippen molar-refractivity contribution >= 4 is 30.0 Å². The van der Waals surface area contributed by atoms with Crippen molar-refractivity contribution in [1.29, 1.82) is 0 Å². The van der Waals surface area contributed by atoms with Crippen LogP contribution in [0.4, 0.5) is 0 Å². The summed E-state index contributed by atoms with van der Waals surface area (Å²) in [5.74, 6) is 0.174. The molecule has 0 amide bonds. The molecule has 0 N–H and O–H groups in total. The van der Waals surface area contributed by atoms with Gasteiger partial charge in [0.05, 0.1) is 18.6 Å². The minimum absolute atomic E-state index is 0. The third-order valence-electron chi connectivity index (χ3n) is 5.97. The van der Waals surface area contributed by atoms with E-state index in [4.69, 9.17) is 21.1 Å². The number of ether oxygens (including phenoxy) is 2. The van der Waals surface area contributed by atoms with Crippen LogP contribution < -0.4 is 0 Å². The van der Waals surface area contributed by atoms with Crippen LogP contribution in [0.25, 0.3) is 0 Å². The third kappa shape index (κ3) is 7.21. The summed E-state index contributed by atoms with van der Waals surface area (Å²) in [5, 5.41) is 0.713. The Morgan fingerprint density at radius 2 is 1.91 bits per heavy atom. The van der Waals surface area contributed by atoms with Crippen LogP contribution >= 0.6 is 24.0 Å². The average Bonchev–Trinajstić information content (AvgIpc) is 2.74. The zero-order chi connectivity index (χ0) is 22.4. The molecule has 0 aromatic heterocycles. The molecule has 4 nitrogen and oxygen atoms in total. The number of nitrogens with zero attached hydrogens (tertiary/aromatic N) is 1. The number of carbonyl (C=O) groups is 1. The molecule has 0 aliphatic carbocycles. The number of halogens is 2. The predicted octanol–water partition coefficient (Wildman–Crippen LogP) is 6.07. The Labute approximate surface area is 203 Å². The van der Waals surface area contributed by atoms with E-state index in [1.807, 2.05) is 43.3 Å². The SMILES string of the molecule is CC(C)Cc1ccc(C(C)C(=O)OCCN2CCOC(c3cccc(Cl)c3)C2C)cc1.Cl. The van der Waals surface area contributed by atoms with Crippen LogP contribution in [0.2, 0.25) is 5.02 Å². The van der Waals surface area contributed by atoms with Crippen molar-refractivity contribution in [2.45, 2.75) is 52.2 Å². The fourth-order valence-electron chi connectivity index (χ4n) is 4.14. The number of rotatable bonds is 8. The van der Waals surface area contributed by atoms with E-state index < -0.39 is 0 Å². The van der Waals surface area contributed by atoms with Gasteiger partial charge in [-0.3, -0.25) is 9.69 Å². The van der Waals surface area contributed by atoms with Crippen LogP contribution in [0, 0.1) is 5.92 Å². The first-order valence-electron chi connectivity index (χ1n) is 11.2. The van der Waals surface area contributed by atoms with Gasteiger partial charge in [0.15, 0.2) is 0 Å². The molecule has 2 aromatic carbocycles. The van der Waals surface area contributed by atoms with Gasteiger partial charge in [0.25, 0.3) is 0 Å². The molecule has 32 heavy (non-hydrogen) atoms. The largest absolute Gasteiger partial charge is 0.464 e. The average molecular weight is 480 g/mol. The Morgan fingerprint density at radius 3 is 2.56 bits per heavy atom. The van der Waals surface area contributed by atoms with Gasteiger partial charge in [-0.05, 0) is 55.0 Å². The smallest absolute Gasteiger partial charge is 0.313 e. The number of hydrogen-bond donors (Lipinski definition) is 0. The van der Waals surface area contributed by atoms with Crippen molar-refractivity contribution in [2.75, 3.05) is 26.3 Å². The van der Waals surface area contributed by atoms with E-state index in [0.717, 1.165) is 24.1 Å². The zero-order valence-corrected chi connectivity index (χ0v) is 21.0. The number of hydrogen-bond acceptors (Lipinski definition) is 4. The number of benzene rings is 2. The van der Waals surface area contributed by atoms with E-state index in [1.54, 1.807) is 0 Å². The van der Waals surface area contributed by atoms with Crippen molar-refractivity contribution < 1.29 is 14.3 Å². The second kappa shape index (κ2) is 12.6. The van der Waals surface area contributed by atoms with Gasteiger partial charge in [-0.2, -0.15) is 0 Å². The molecule has 1 fully saturated rings.